The first-order valence-corrected chi connectivity index (χ1v) is 7.35. The number of nitrogens with zero attached hydrogens (tertiary/aromatic N) is 4. The number of anilines is 1. The van der Waals surface area contributed by atoms with Gasteiger partial charge in [0.05, 0.1) is 19.1 Å². The molecule has 0 fully saturated rings. The van der Waals surface area contributed by atoms with E-state index in [-0.39, 0.29) is 6.61 Å². The van der Waals surface area contributed by atoms with Gasteiger partial charge in [-0.25, -0.2) is 14.8 Å². The smallest absolute Gasteiger partial charge is 0.343 e. The minimum absolute atomic E-state index is 0.278. The maximum absolute atomic E-state index is 12.1. The fraction of sp³-hybridized carbons (Fsp3) is 0.294. The Hall–Kier alpha value is -2.94. The maximum Gasteiger partial charge on any atom is 0.343 e. The van der Waals surface area contributed by atoms with E-state index in [2.05, 4.69) is 16.0 Å². The Kier molecular flexibility index (Phi) is 5.64. The highest BCUT2D eigenvalue weighted by atomic mass is 16.5. The van der Waals surface area contributed by atoms with Crippen molar-refractivity contribution >= 4 is 11.8 Å². The van der Waals surface area contributed by atoms with Crippen LogP contribution in [0.1, 0.15) is 23.7 Å². The molecule has 0 N–H and O–H groups in total. The molecule has 0 aliphatic heterocycles. The van der Waals surface area contributed by atoms with Gasteiger partial charge in [0.2, 0.25) is 0 Å². The molecule has 0 aliphatic carbocycles. The lowest BCUT2D eigenvalue weighted by Gasteiger charge is -2.19. The largest absolute Gasteiger partial charge is 0.462 e. The standard InChI is InChI=1S/C17H18N4O2/c1-3-23-17(22)14-12-19-15(13-8-5-4-6-9-13)20-16(14)21(2)11-7-10-18/h4-6,8-9,12H,3,7,11H2,1-2H3. The molecule has 2 rings (SSSR count). The summed E-state index contributed by atoms with van der Waals surface area (Å²) in [5.41, 5.74) is 1.16. The number of carbonyl (C=O) groups is 1. The van der Waals surface area contributed by atoms with Crippen molar-refractivity contribution in [2.45, 2.75) is 13.3 Å². The van der Waals surface area contributed by atoms with Crippen molar-refractivity contribution in [3.63, 3.8) is 0 Å². The zero-order valence-corrected chi connectivity index (χ0v) is 13.2. The molecule has 118 valence electrons. The molecule has 0 atom stereocenters. The van der Waals surface area contributed by atoms with Gasteiger partial charge in [-0.15, -0.1) is 0 Å². The fourth-order valence-electron chi connectivity index (χ4n) is 2.07. The summed E-state index contributed by atoms with van der Waals surface area (Å²) in [6, 6.07) is 11.6. The minimum atomic E-state index is -0.467. The molecule has 0 amide bonds. The molecule has 1 aromatic carbocycles. The van der Waals surface area contributed by atoms with Gasteiger partial charge >= 0.3 is 5.97 Å². The van der Waals surface area contributed by atoms with E-state index in [0.717, 1.165) is 5.56 Å². The summed E-state index contributed by atoms with van der Waals surface area (Å²) >= 11 is 0. The third-order valence-electron chi connectivity index (χ3n) is 3.22. The first-order chi connectivity index (χ1) is 11.2. The molecule has 0 aliphatic rings. The summed E-state index contributed by atoms with van der Waals surface area (Å²) in [6.07, 6.45) is 1.81. The molecule has 1 heterocycles. The number of ether oxygens (including phenoxy) is 1. The van der Waals surface area contributed by atoms with Gasteiger partial charge in [0.1, 0.15) is 11.4 Å². The van der Waals surface area contributed by atoms with Crippen molar-refractivity contribution in [1.82, 2.24) is 9.97 Å². The van der Waals surface area contributed by atoms with Crippen molar-refractivity contribution in [2.75, 3.05) is 25.1 Å². The number of benzene rings is 1. The van der Waals surface area contributed by atoms with Gasteiger partial charge in [-0.2, -0.15) is 5.26 Å². The van der Waals surface area contributed by atoms with Crippen molar-refractivity contribution in [1.29, 1.82) is 5.26 Å². The highest BCUT2D eigenvalue weighted by Crippen LogP contribution is 2.22. The molecule has 0 bridgehead atoms. The van der Waals surface area contributed by atoms with Gasteiger partial charge in [-0.3, -0.25) is 0 Å². The number of esters is 1. The number of rotatable bonds is 6. The van der Waals surface area contributed by atoms with Crippen molar-refractivity contribution in [3.05, 3.63) is 42.1 Å². The summed E-state index contributed by atoms with van der Waals surface area (Å²) in [6.45, 7) is 2.49. The van der Waals surface area contributed by atoms with Crippen LogP contribution >= 0.6 is 0 Å². The Bertz CT molecular complexity index is 710. The van der Waals surface area contributed by atoms with Gasteiger partial charge < -0.3 is 9.64 Å². The van der Waals surface area contributed by atoms with E-state index in [1.54, 1.807) is 18.9 Å². The number of carbonyl (C=O) groups excluding carboxylic acids is 1. The fourth-order valence-corrected chi connectivity index (χ4v) is 2.07. The molecule has 6 heteroatoms. The van der Waals surface area contributed by atoms with E-state index in [1.165, 1.54) is 6.20 Å². The van der Waals surface area contributed by atoms with Crippen LogP contribution in [0.5, 0.6) is 0 Å². The highest BCUT2D eigenvalue weighted by molar-refractivity contribution is 5.94. The quantitative estimate of drug-likeness (QED) is 0.763. The van der Waals surface area contributed by atoms with E-state index in [1.807, 2.05) is 30.3 Å². The Labute approximate surface area is 135 Å². The number of hydrogen-bond acceptors (Lipinski definition) is 6. The second-order valence-electron chi connectivity index (χ2n) is 4.85. The number of aromatic nitrogens is 2. The summed E-state index contributed by atoms with van der Waals surface area (Å²) in [7, 11) is 1.79. The lowest BCUT2D eigenvalue weighted by atomic mass is 10.2. The number of hydrogen-bond donors (Lipinski definition) is 0. The topological polar surface area (TPSA) is 79.1 Å². The average Bonchev–Trinajstić information content (AvgIpc) is 2.60. The highest BCUT2D eigenvalue weighted by Gasteiger charge is 2.19. The Morgan fingerprint density at radius 3 is 2.74 bits per heavy atom. The molecule has 2 aromatic rings. The van der Waals surface area contributed by atoms with Gasteiger partial charge in [-0.1, -0.05) is 30.3 Å². The second-order valence-corrected chi connectivity index (χ2v) is 4.85. The normalized spacial score (nSPS) is 9.96. The molecule has 0 spiro atoms. The summed E-state index contributed by atoms with van der Waals surface area (Å²) < 4.78 is 5.06. The summed E-state index contributed by atoms with van der Waals surface area (Å²) in [5, 5.41) is 8.76. The zero-order chi connectivity index (χ0) is 16.7. The van der Waals surface area contributed by atoms with Crippen LogP contribution in [0.4, 0.5) is 5.82 Å². The first kappa shape index (κ1) is 16.4. The van der Waals surface area contributed by atoms with Gasteiger partial charge in [0.25, 0.3) is 0 Å². The third kappa shape index (κ3) is 4.04. The molecule has 1 aromatic heterocycles. The molecule has 0 radical (unpaired) electrons. The van der Waals surface area contributed by atoms with Crippen molar-refractivity contribution in [2.24, 2.45) is 0 Å². The molecular weight excluding hydrogens is 292 g/mol. The lowest BCUT2D eigenvalue weighted by molar-refractivity contribution is 0.0526. The lowest BCUT2D eigenvalue weighted by Crippen LogP contribution is -2.23. The predicted molar refractivity (Wildman–Crippen MR) is 86.9 cm³/mol. The van der Waals surface area contributed by atoms with Crippen LogP contribution in [0.2, 0.25) is 0 Å². The molecule has 6 nitrogen and oxygen atoms in total. The van der Waals surface area contributed by atoms with E-state index in [4.69, 9.17) is 10.00 Å². The van der Waals surface area contributed by atoms with E-state index in [9.17, 15) is 4.79 Å². The van der Waals surface area contributed by atoms with Gasteiger partial charge in [-0.05, 0) is 6.92 Å². The zero-order valence-electron chi connectivity index (χ0n) is 13.2. The second kappa shape index (κ2) is 7.90. The molecule has 0 saturated carbocycles. The Morgan fingerprint density at radius 2 is 2.09 bits per heavy atom. The maximum atomic E-state index is 12.1. The summed E-state index contributed by atoms with van der Waals surface area (Å²) in [4.78, 5) is 22.6. The van der Waals surface area contributed by atoms with Crippen molar-refractivity contribution < 1.29 is 9.53 Å². The van der Waals surface area contributed by atoms with Gasteiger partial charge in [0.15, 0.2) is 5.82 Å². The molecular formula is C17H18N4O2. The third-order valence-corrected chi connectivity index (χ3v) is 3.22. The SMILES string of the molecule is CCOC(=O)c1cnc(-c2ccccc2)nc1N(C)CCC#N. The minimum Gasteiger partial charge on any atom is -0.462 e. The van der Waals surface area contributed by atoms with Crippen LogP contribution in [0, 0.1) is 11.3 Å². The predicted octanol–water partition coefficient (Wildman–Crippen LogP) is 2.67. The van der Waals surface area contributed by atoms with Crippen LogP contribution in [0.3, 0.4) is 0 Å². The van der Waals surface area contributed by atoms with Crippen molar-refractivity contribution in [3.8, 4) is 17.5 Å². The average molecular weight is 310 g/mol. The van der Waals surface area contributed by atoms with Crippen LogP contribution in [0.15, 0.2) is 36.5 Å². The first-order valence-electron chi connectivity index (χ1n) is 7.35. The molecule has 0 saturated heterocycles. The van der Waals surface area contributed by atoms with E-state index < -0.39 is 5.97 Å². The summed E-state index contributed by atoms with van der Waals surface area (Å²) in [5.74, 6) is 0.524. The van der Waals surface area contributed by atoms with E-state index >= 15 is 0 Å². The molecule has 23 heavy (non-hydrogen) atoms. The van der Waals surface area contributed by atoms with E-state index in [0.29, 0.717) is 30.2 Å². The monoisotopic (exact) mass is 310 g/mol. The Morgan fingerprint density at radius 1 is 1.35 bits per heavy atom. The van der Waals surface area contributed by atoms with Crippen LogP contribution in [-0.2, 0) is 4.74 Å². The van der Waals surface area contributed by atoms with Gasteiger partial charge in [0, 0.05) is 25.4 Å². The van der Waals surface area contributed by atoms with Crippen LogP contribution in [-0.4, -0.2) is 36.1 Å². The van der Waals surface area contributed by atoms with Crippen LogP contribution in [0.25, 0.3) is 11.4 Å². The Balaban J connectivity index is 2.43. The molecule has 0 unspecified atom stereocenters. The number of nitriles is 1. The van der Waals surface area contributed by atoms with Crippen LogP contribution < -0.4 is 4.90 Å².